The van der Waals surface area contributed by atoms with Crippen molar-refractivity contribution in [3.05, 3.63) is 177 Å². The summed E-state index contributed by atoms with van der Waals surface area (Å²) in [4.78, 5) is 4.00. The summed E-state index contributed by atoms with van der Waals surface area (Å²) in [7, 11) is 0. The maximum absolute atomic E-state index is 15.4. The molecule has 0 aliphatic rings. The highest BCUT2D eigenvalue weighted by Gasteiger charge is 2.52. The van der Waals surface area contributed by atoms with Gasteiger partial charge in [-0.1, -0.05) is 38.1 Å². The normalized spacial score (nSPS) is 11.7. The molecular formula is C38H17BF20N2. The summed E-state index contributed by atoms with van der Waals surface area (Å²) in [5.41, 5.74) is -11.6. The van der Waals surface area contributed by atoms with Gasteiger partial charge >= 0.3 is 0 Å². The molecule has 322 valence electrons. The van der Waals surface area contributed by atoms with Crippen molar-refractivity contribution < 1.29 is 92.4 Å². The highest BCUT2D eigenvalue weighted by atomic mass is 19.2. The van der Waals surface area contributed by atoms with Gasteiger partial charge in [-0.3, -0.25) is 4.98 Å². The van der Waals surface area contributed by atoms with E-state index in [-0.39, 0.29) is 0 Å². The van der Waals surface area contributed by atoms with Crippen LogP contribution in [0.3, 0.4) is 0 Å². The number of rotatable bonds is 7. The molecule has 0 fully saturated rings. The highest BCUT2D eigenvalue weighted by Crippen LogP contribution is 2.31. The van der Waals surface area contributed by atoms with Crippen LogP contribution in [0.25, 0.3) is 0 Å². The zero-order chi connectivity index (χ0) is 45.7. The molecule has 0 aliphatic carbocycles. The fraction of sp³-hybridized carbons (Fsp3) is 0.105. The first-order chi connectivity index (χ1) is 28.5. The largest absolute Gasteiger partial charge is 0.252 e. The molecule has 1 aromatic heterocycles. The summed E-state index contributed by atoms with van der Waals surface area (Å²) in [6.45, 7) is 5.33. The topological polar surface area (TPSA) is 16.8 Å². The number of hydrogen-bond donors (Lipinski definition) is 0. The van der Waals surface area contributed by atoms with Gasteiger partial charge in [0.05, 0.1) is 12.4 Å². The quantitative estimate of drug-likeness (QED) is 0.0518. The Morgan fingerprint density at radius 1 is 0.377 bits per heavy atom. The van der Waals surface area contributed by atoms with Crippen LogP contribution in [-0.4, -0.2) is 11.1 Å². The molecule has 0 atom stereocenters. The zero-order valence-electron chi connectivity index (χ0n) is 29.9. The molecule has 0 N–H and O–H groups in total. The second-order valence-electron chi connectivity index (χ2n) is 13.1. The minimum absolute atomic E-state index is 0.600. The van der Waals surface area contributed by atoms with E-state index in [4.69, 9.17) is 0 Å². The molecule has 1 heterocycles. The molecule has 2 nitrogen and oxygen atoms in total. The van der Waals surface area contributed by atoms with Gasteiger partial charge in [0.2, 0.25) is 0 Å². The molecular weight excluding hydrogens is 875 g/mol. The number of nitrogens with zero attached hydrogens (tertiary/aromatic N) is 2. The van der Waals surface area contributed by atoms with E-state index in [1.807, 2.05) is 24.8 Å². The van der Waals surface area contributed by atoms with Crippen molar-refractivity contribution in [1.29, 1.82) is 0 Å². The van der Waals surface area contributed by atoms with Crippen LogP contribution < -0.4 is 26.4 Å². The molecule has 0 saturated carbocycles. The number of hydrogen-bond acceptors (Lipinski definition) is 1. The van der Waals surface area contributed by atoms with E-state index >= 15 is 35.1 Å². The number of halogens is 20. The monoisotopic (exact) mass is 892 g/mol. The van der Waals surface area contributed by atoms with E-state index in [2.05, 4.69) is 47.7 Å². The first-order valence-corrected chi connectivity index (χ1v) is 16.6. The van der Waals surface area contributed by atoms with Gasteiger partial charge in [-0.05, 0) is 11.5 Å². The fourth-order valence-electron chi connectivity index (χ4n) is 6.55. The first kappa shape index (κ1) is 45.9. The molecule has 0 aliphatic heterocycles. The van der Waals surface area contributed by atoms with E-state index in [0.717, 1.165) is 6.54 Å². The fourth-order valence-corrected chi connectivity index (χ4v) is 6.55. The lowest BCUT2D eigenvalue weighted by Crippen LogP contribution is -2.81. The molecule has 23 heteroatoms. The van der Waals surface area contributed by atoms with Gasteiger partial charge in [-0.15, -0.1) is 21.9 Å². The van der Waals surface area contributed by atoms with Gasteiger partial charge in [-0.25, -0.2) is 87.8 Å². The minimum atomic E-state index is -7.22. The van der Waals surface area contributed by atoms with Gasteiger partial charge in [0.1, 0.15) is 52.7 Å². The Hall–Kier alpha value is -6.16. The summed E-state index contributed by atoms with van der Waals surface area (Å²) in [6, 6.07) is 8.81. The molecule has 0 unspecified atom stereocenters. The van der Waals surface area contributed by atoms with Gasteiger partial charge < -0.3 is 0 Å². The van der Waals surface area contributed by atoms with Gasteiger partial charge in [0.25, 0.3) is 0 Å². The Morgan fingerprint density at radius 2 is 0.607 bits per heavy atom. The number of benzene rings is 5. The van der Waals surface area contributed by atoms with E-state index in [1.54, 1.807) is 0 Å². The van der Waals surface area contributed by atoms with Gasteiger partial charge in [0.15, 0.2) is 88.7 Å². The van der Waals surface area contributed by atoms with Gasteiger partial charge in [0, 0.05) is 5.56 Å². The van der Waals surface area contributed by atoms with Crippen molar-refractivity contribution in [2.75, 3.05) is 0 Å². The average molecular weight is 892 g/mol. The third-order valence-corrected chi connectivity index (χ3v) is 9.41. The smallest absolute Gasteiger partial charge is 0.200 e. The van der Waals surface area contributed by atoms with Crippen LogP contribution in [0, 0.1) is 116 Å². The summed E-state index contributed by atoms with van der Waals surface area (Å²) in [6.07, 6.45) is 0.364. The molecule has 61 heavy (non-hydrogen) atoms. The molecule has 0 bridgehead atoms. The van der Waals surface area contributed by atoms with Crippen molar-refractivity contribution in [2.45, 2.75) is 26.3 Å². The predicted octanol–water partition coefficient (Wildman–Crippen LogP) is 8.39. The summed E-state index contributed by atoms with van der Waals surface area (Å²) >= 11 is 0. The first-order valence-electron chi connectivity index (χ1n) is 16.6. The number of aromatic nitrogens is 2. The maximum atomic E-state index is 15.4. The summed E-state index contributed by atoms with van der Waals surface area (Å²) in [5, 5.41) is 0. The van der Waals surface area contributed by atoms with Crippen molar-refractivity contribution >= 4 is 28.0 Å². The Labute approximate surface area is 328 Å². The Morgan fingerprint density at radius 3 is 0.836 bits per heavy atom. The van der Waals surface area contributed by atoms with Crippen LogP contribution >= 0.6 is 0 Å². The van der Waals surface area contributed by atoms with Crippen LogP contribution in [0.1, 0.15) is 30.9 Å². The SMILES string of the molecule is CC(C)c1ccc(C[n+]2ccncc2)cc1.Fc1c(F)c(F)c([B-](c2c(F)c(F)c(F)c(F)c2F)(c2c(F)c(F)c(F)c(F)c2F)c2c(F)c(F)c(F)c(F)c2F)c(F)c1F. The molecule has 0 radical (unpaired) electrons. The summed E-state index contributed by atoms with van der Waals surface area (Å²) in [5.74, 6) is -70.8. The lowest BCUT2D eigenvalue weighted by atomic mass is 9.12. The van der Waals surface area contributed by atoms with Crippen molar-refractivity contribution in [3.63, 3.8) is 0 Å². The van der Waals surface area contributed by atoms with E-state index in [9.17, 15) is 52.7 Å². The molecule has 0 amide bonds. The third-order valence-electron chi connectivity index (χ3n) is 9.41. The average Bonchev–Trinajstić information content (AvgIpc) is 3.24. The minimum Gasteiger partial charge on any atom is -0.252 e. The third kappa shape index (κ3) is 7.40. The van der Waals surface area contributed by atoms with Crippen LogP contribution in [0.4, 0.5) is 87.8 Å². The molecule has 5 aromatic carbocycles. The van der Waals surface area contributed by atoms with Crippen molar-refractivity contribution in [3.8, 4) is 0 Å². The lowest BCUT2D eigenvalue weighted by Gasteiger charge is -2.44. The van der Waals surface area contributed by atoms with E-state index in [1.165, 1.54) is 11.1 Å². The Balaban J connectivity index is 0.000000366. The van der Waals surface area contributed by atoms with Crippen LogP contribution in [0.5, 0.6) is 0 Å². The maximum Gasteiger partial charge on any atom is 0.200 e. The van der Waals surface area contributed by atoms with Crippen molar-refractivity contribution in [2.24, 2.45) is 0 Å². The Kier molecular flexibility index (Phi) is 12.9. The van der Waals surface area contributed by atoms with E-state index < -0.39 is 144 Å². The molecule has 6 rings (SSSR count). The second kappa shape index (κ2) is 17.1. The molecule has 0 saturated heterocycles. The molecule has 0 spiro atoms. The molecule has 6 aromatic rings. The Bertz CT molecular complexity index is 2310. The second-order valence-corrected chi connectivity index (χ2v) is 13.1. The lowest BCUT2D eigenvalue weighted by molar-refractivity contribution is -0.688. The highest BCUT2D eigenvalue weighted by molar-refractivity contribution is 7.20. The van der Waals surface area contributed by atoms with Crippen LogP contribution in [0.15, 0.2) is 49.1 Å². The predicted molar refractivity (Wildman–Crippen MR) is 173 cm³/mol. The standard InChI is InChI=1S/C24BF20.C14H17N2/c26-5-1(6(27)14(35)21(42)13(5)34)25(2-7(28)15(36)22(43)16(37)8(2)29,3-9(30)17(38)23(44)18(39)10(3)31)4-11(32)19(40)24(45)20(41)12(4)33;1-12(2)14-5-3-13(4-6-14)11-16-9-7-15-8-10-16/h;3-10,12H,11H2,1-2H3/q-1;+1. The van der Waals surface area contributed by atoms with Crippen LogP contribution in [0.2, 0.25) is 0 Å². The van der Waals surface area contributed by atoms with Gasteiger partial charge in [-0.2, -0.15) is 4.57 Å². The van der Waals surface area contributed by atoms with Crippen LogP contribution in [-0.2, 0) is 6.54 Å². The van der Waals surface area contributed by atoms with Crippen molar-refractivity contribution in [1.82, 2.24) is 4.98 Å². The summed E-state index contributed by atoms with van der Waals surface area (Å²) < 4.78 is 296. The zero-order valence-corrected chi connectivity index (χ0v) is 29.9. The van der Waals surface area contributed by atoms with E-state index in [0.29, 0.717) is 5.92 Å².